The van der Waals surface area contributed by atoms with Gasteiger partial charge in [-0.25, -0.2) is 18.4 Å². The summed E-state index contributed by atoms with van der Waals surface area (Å²) in [5, 5.41) is 16.3. The van der Waals surface area contributed by atoms with Crippen molar-refractivity contribution in [2.75, 3.05) is 18.9 Å². The molecule has 0 saturated carbocycles. The number of urea groups is 1. The van der Waals surface area contributed by atoms with Crippen LogP contribution in [0.15, 0.2) is 29.2 Å². The van der Waals surface area contributed by atoms with E-state index in [1.165, 1.54) is 43.1 Å². The van der Waals surface area contributed by atoms with Crippen LogP contribution in [0, 0.1) is 5.92 Å². The van der Waals surface area contributed by atoms with E-state index < -0.39 is 27.9 Å². The van der Waals surface area contributed by atoms with Crippen molar-refractivity contribution in [3.05, 3.63) is 24.3 Å². The second-order valence-corrected chi connectivity index (χ2v) is 6.18. The number of carbonyl (C=O) groups is 2. The summed E-state index contributed by atoms with van der Waals surface area (Å²) in [7, 11) is -2.41. The number of benzene rings is 1. The molecule has 0 aromatic heterocycles. The van der Waals surface area contributed by atoms with Gasteiger partial charge < -0.3 is 15.3 Å². The lowest BCUT2D eigenvalue weighted by Crippen LogP contribution is -2.36. The molecule has 0 aliphatic heterocycles. The standard InChI is InChI=1S/C12H17N3O5S/c1-8(11(16)17)7-15(2)12(18)14-9-4-3-5-10(6-9)21(13,19)20/h3-6,8H,7H2,1-2H3,(H,14,18)(H,16,17)(H2,13,19,20). The number of aliphatic carboxylic acids is 1. The van der Waals surface area contributed by atoms with Crippen molar-refractivity contribution < 1.29 is 23.1 Å². The van der Waals surface area contributed by atoms with Crippen LogP contribution in [-0.4, -0.2) is 44.0 Å². The summed E-state index contributed by atoms with van der Waals surface area (Å²) >= 11 is 0. The quantitative estimate of drug-likeness (QED) is 0.729. The first kappa shape index (κ1) is 16.9. The lowest BCUT2D eigenvalue weighted by molar-refractivity contribution is -0.141. The zero-order chi connectivity index (χ0) is 16.2. The van der Waals surface area contributed by atoms with Gasteiger partial charge in [0.25, 0.3) is 0 Å². The van der Waals surface area contributed by atoms with E-state index in [4.69, 9.17) is 10.2 Å². The molecule has 0 saturated heterocycles. The van der Waals surface area contributed by atoms with E-state index >= 15 is 0 Å². The van der Waals surface area contributed by atoms with Gasteiger partial charge in [0.15, 0.2) is 0 Å². The van der Waals surface area contributed by atoms with Crippen LogP contribution in [-0.2, 0) is 14.8 Å². The summed E-state index contributed by atoms with van der Waals surface area (Å²) in [6.07, 6.45) is 0. The second kappa shape index (κ2) is 6.55. The summed E-state index contributed by atoms with van der Waals surface area (Å²) in [6, 6.07) is 4.92. The van der Waals surface area contributed by atoms with Crippen LogP contribution in [0.3, 0.4) is 0 Å². The lowest BCUT2D eigenvalue weighted by atomic mass is 10.2. The van der Waals surface area contributed by atoms with E-state index in [-0.39, 0.29) is 17.1 Å². The summed E-state index contributed by atoms with van der Waals surface area (Å²) < 4.78 is 22.4. The number of hydrogen-bond donors (Lipinski definition) is 3. The average Bonchev–Trinajstić information content (AvgIpc) is 2.37. The van der Waals surface area contributed by atoms with E-state index in [0.717, 1.165) is 0 Å². The van der Waals surface area contributed by atoms with Crippen LogP contribution >= 0.6 is 0 Å². The largest absolute Gasteiger partial charge is 0.481 e. The number of hydrogen-bond acceptors (Lipinski definition) is 4. The van der Waals surface area contributed by atoms with Gasteiger partial charge in [-0.1, -0.05) is 13.0 Å². The smallest absolute Gasteiger partial charge is 0.321 e. The molecule has 4 N–H and O–H groups in total. The lowest BCUT2D eigenvalue weighted by Gasteiger charge is -2.20. The zero-order valence-corrected chi connectivity index (χ0v) is 12.4. The molecule has 21 heavy (non-hydrogen) atoms. The first-order valence-electron chi connectivity index (χ1n) is 5.99. The molecule has 0 bridgehead atoms. The van der Waals surface area contributed by atoms with Crippen LogP contribution in [0.5, 0.6) is 0 Å². The molecule has 2 amide bonds. The number of primary sulfonamides is 1. The highest BCUT2D eigenvalue weighted by Gasteiger charge is 2.17. The Labute approximate surface area is 122 Å². The van der Waals surface area contributed by atoms with Gasteiger partial charge in [-0.15, -0.1) is 0 Å². The van der Waals surface area contributed by atoms with Crippen molar-refractivity contribution in [1.29, 1.82) is 0 Å². The summed E-state index contributed by atoms with van der Waals surface area (Å²) in [5.41, 5.74) is 0.251. The van der Waals surface area contributed by atoms with E-state index in [1.807, 2.05) is 0 Å². The predicted octanol–water partition coefficient (Wildman–Crippen LogP) is 0.518. The maximum atomic E-state index is 11.9. The Hall–Kier alpha value is -2.13. The Balaban J connectivity index is 2.77. The number of carboxylic acid groups (broad SMARTS) is 1. The zero-order valence-electron chi connectivity index (χ0n) is 11.6. The summed E-state index contributed by atoms with van der Waals surface area (Å²) in [6.45, 7) is 1.50. The molecule has 1 atom stereocenters. The van der Waals surface area contributed by atoms with E-state index in [0.29, 0.717) is 0 Å². The first-order valence-corrected chi connectivity index (χ1v) is 7.53. The number of carbonyl (C=O) groups excluding carboxylic acids is 1. The molecule has 1 aromatic rings. The van der Waals surface area contributed by atoms with Crippen molar-refractivity contribution >= 4 is 27.7 Å². The molecule has 0 aliphatic rings. The normalized spacial score (nSPS) is 12.5. The minimum absolute atomic E-state index is 0.0239. The number of nitrogens with one attached hydrogen (secondary N) is 1. The van der Waals surface area contributed by atoms with Crippen molar-refractivity contribution in [2.24, 2.45) is 11.1 Å². The fourth-order valence-electron chi connectivity index (χ4n) is 1.54. The maximum absolute atomic E-state index is 11.9. The third-order valence-electron chi connectivity index (χ3n) is 2.73. The fourth-order valence-corrected chi connectivity index (χ4v) is 2.10. The van der Waals surface area contributed by atoms with Crippen molar-refractivity contribution in [1.82, 2.24) is 4.90 Å². The summed E-state index contributed by atoms with van der Waals surface area (Å²) in [5.74, 6) is -1.72. The molecule has 0 aliphatic carbocycles. The van der Waals surface area contributed by atoms with Crippen LogP contribution in [0.2, 0.25) is 0 Å². The van der Waals surface area contributed by atoms with E-state index in [2.05, 4.69) is 5.32 Å². The number of nitrogens with zero attached hydrogens (tertiary/aromatic N) is 1. The van der Waals surface area contributed by atoms with Crippen LogP contribution in [0.4, 0.5) is 10.5 Å². The number of sulfonamides is 1. The third kappa shape index (κ3) is 5.04. The molecule has 1 unspecified atom stereocenters. The van der Waals surface area contributed by atoms with Crippen LogP contribution < -0.4 is 10.5 Å². The Kier molecular flexibility index (Phi) is 5.28. The Morgan fingerprint density at radius 3 is 2.57 bits per heavy atom. The molecule has 9 heteroatoms. The second-order valence-electron chi connectivity index (χ2n) is 4.62. The topological polar surface area (TPSA) is 130 Å². The van der Waals surface area contributed by atoms with E-state index in [1.54, 1.807) is 0 Å². The van der Waals surface area contributed by atoms with Gasteiger partial charge in [-0.3, -0.25) is 4.79 Å². The molecule has 1 aromatic carbocycles. The van der Waals surface area contributed by atoms with Crippen molar-refractivity contribution in [3.63, 3.8) is 0 Å². The van der Waals surface area contributed by atoms with Crippen LogP contribution in [0.25, 0.3) is 0 Å². The van der Waals surface area contributed by atoms with Gasteiger partial charge in [-0.05, 0) is 18.2 Å². The number of rotatable bonds is 5. The Morgan fingerprint density at radius 1 is 1.43 bits per heavy atom. The van der Waals surface area contributed by atoms with Gasteiger partial charge in [-0.2, -0.15) is 0 Å². The van der Waals surface area contributed by atoms with Gasteiger partial charge in [0.05, 0.1) is 10.8 Å². The maximum Gasteiger partial charge on any atom is 0.321 e. The minimum atomic E-state index is -3.85. The number of amides is 2. The molecular weight excluding hydrogens is 298 g/mol. The number of nitrogens with two attached hydrogens (primary N) is 1. The predicted molar refractivity (Wildman–Crippen MR) is 76.3 cm³/mol. The van der Waals surface area contributed by atoms with Gasteiger partial charge in [0.1, 0.15) is 0 Å². The van der Waals surface area contributed by atoms with Crippen molar-refractivity contribution in [3.8, 4) is 0 Å². The monoisotopic (exact) mass is 315 g/mol. The van der Waals surface area contributed by atoms with E-state index in [9.17, 15) is 18.0 Å². The first-order chi connectivity index (χ1) is 9.61. The van der Waals surface area contributed by atoms with Crippen molar-refractivity contribution in [2.45, 2.75) is 11.8 Å². The Bertz CT molecular complexity index is 644. The van der Waals surface area contributed by atoms with Crippen LogP contribution in [0.1, 0.15) is 6.92 Å². The molecule has 0 heterocycles. The van der Waals surface area contributed by atoms with Gasteiger partial charge in [0.2, 0.25) is 10.0 Å². The minimum Gasteiger partial charge on any atom is -0.481 e. The molecule has 0 fully saturated rings. The van der Waals surface area contributed by atoms with Gasteiger partial charge in [0, 0.05) is 19.3 Å². The Morgan fingerprint density at radius 2 is 2.05 bits per heavy atom. The SMILES string of the molecule is CC(CN(C)C(=O)Nc1cccc(S(N)(=O)=O)c1)C(=O)O. The highest BCUT2D eigenvalue weighted by molar-refractivity contribution is 7.89. The molecule has 0 radical (unpaired) electrons. The highest BCUT2D eigenvalue weighted by Crippen LogP contribution is 2.14. The highest BCUT2D eigenvalue weighted by atomic mass is 32.2. The molecule has 0 spiro atoms. The third-order valence-corrected chi connectivity index (χ3v) is 3.64. The molecular formula is C12H17N3O5S. The number of carboxylic acids is 1. The molecule has 1 rings (SSSR count). The average molecular weight is 315 g/mol. The molecule has 8 nitrogen and oxygen atoms in total. The van der Waals surface area contributed by atoms with Gasteiger partial charge >= 0.3 is 12.0 Å². The fraction of sp³-hybridized carbons (Fsp3) is 0.333. The summed E-state index contributed by atoms with van der Waals surface area (Å²) in [4.78, 5) is 23.7. The number of anilines is 1. The molecule has 116 valence electrons.